The van der Waals surface area contributed by atoms with Crippen LogP contribution in [0.25, 0.3) is 0 Å². The van der Waals surface area contributed by atoms with E-state index in [-0.39, 0.29) is 17.5 Å². The van der Waals surface area contributed by atoms with Crippen LogP contribution in [0.3, 0.4) is 0 Å². The maximum Gasteiger partial charge on any atom is 0.341 e. The van der Waals surface area contributed by atoms with Crippen LogP contribution >= 0.6 is 0 Å². The largest absolute Gasteiger partial charge is 0.477 e. The summed E-state index contributed by atoms with van der Waals surface area (Å²) in [4.78, 5) is 34.0. The molecule has 0 saturated carbocycles. The lowest BCUT2D eigenvalue weighted by atomic mass is 10.2. The molecule has 1 aliphatic heterocycles. The van der Waals surface area contributed by atoms with Crippen molar-refractivity contribution in [1.29, 1.82) is 0 Å². The van der Waals surface area contributed by atoms with Crippen molar-refractivity contribution < 1.29 is 14.7 Å². The third-order valence-electron chi connectivity index (χ3n) is 3.11. The average molecular weight is 250 g/mol. The molecule has 0 bridgehead atoms. The van der Waals surface area contributed by atoms with Crippen LogP contribution in [0.1, 0.15) is 28.9 Å². The Morgan fingerprint density at radius 1 is 1.50 bits per heavy atom. The summed E-state index contributed by atoms with van der Waals surface area (Å²) < 4.78 is 1.40. The van der Waals surface area contributed by atoms with Gasteiger partial charge >= 0.3 is 5.97 Å². The SMILES string of the molecule is Cc1ccc(C(=O)O)c(=O)n1CC1CCC(=O)N1. The number of nitrogens with one attached hydrogen (secondary N) is 1. The van der Waals surface area contributed by atoms with Crippen molar-refractivity contribution in [3.05, 3.63) is 33.7 Å². The van der Waals surface area contributed by atoms with E-state index in [1.807, 2.05) is 0 Å². The first kappa shape index (κ1) is 12.3. The van der Waals surface area contributed by atoms with E-state index >= 15 is 0 Å². The molecule has 2 heterocycles. The monoisotopic (exact) mass is 250 g/mol. The highest BCUT2D eigenvalue weighted by Crippen LogP contribution is 2.09. The minimum atomic E-state index is -1.23. The number of nitrogens with zero attached hydrogens (tertiary/aromatic N) is 1. The zero-order chi connectivity index (χ0) is 13.3. The summed E-state index contributed by atoms with van der Waals surface area (Å²) in [6.07, 6.45) is 1.12. The second kappa shape index (κ2) is 4.64. The molecule has 96 valence electrons. The molecule has 2 rings (SSSR count). The van der Waals surface area contributed by atoms with Crippen LogP contribution in [0.2, 0.25) is 0 Å². The van der Waals surface area contributed by atoms with Crippen molar-refractivity contribution in [3.8, 4) is 0 Å². The quantitative estimate of drug-likeness (QED) is 0.798. The van der Waals surface area contributed by atoms with Crippen molar-refractivity contribution in [2.45, 2.75) is 32.4 Å². The van der Waals surface area contributed by atoms with Crippen molar-refractivity contribution in [2.24, 2.45) is 0 Å². The Hall–Kier alpha value is -2.11. The number of carboxylic acid groups (broad SMARTS) is 1. The van der Waals surface area contributed by atoms with Crippen molar-refractivity contribution in [2.75, 3.05) is 0 Å². The fourth-order valence-corrected chi connectivity index (χ4v) is 2.10. The van der Waals surface area contributed by atoms with Crippen LogP contribution in [0.4, 0.5) is 0 Å². The highest BCUT2D eigenvalue weighted by Gasteiger charge is 2.22. The number of hydrogen-bond donors (Lipinski definition) is 2. The Kier molecular flexibility index (Phi) is 3.18. The fourth-order valence-electron chi connectivity index (χ4n) is 2.10. The molecule has 0 radical (unpaired) electrons. The maximum atomic E-state index is 12.0. The molecule has 1 saturated heterocycles. The number of carbonyl (C=O) groups is 2. The van der Waals surface area contributed by atoms with Gasteiger partial charge in [0.1, 0.15) is 5.56 Å². The number of carbonyl (C=O) groups excluding carboxylic acids is 1. The number of pyridine rings is 1. The Morgan fingerprint density at radius 3 is 2.78 bits per heavy atom. The van der Waals surface area contributed by atoms with Crippen molar-refractivity contribution in [3.63, 3.8) is 0 Å². The minimum Gasteiger partial charge on any atom is -0.477 e. The van der Waals surface area contributed by atoms with E-state index in [4.69, 9.17) is 5.11 Å². The summed E-state index contributed by atoms with van der Waals surface area (Å²) in [5.74, 6) is -1.26. The highest BCUT2D eigenvalue weighted by atomic mass is 16.4. The smallest absolute Gasteiger partial charge is 0.341 e. The third kappa shape index (κ3) is 2.27. The predicted molar refractivity (Wildman–Crippen MR) is 63.6 cm³/mol. The molecule has 1 aliphatic rings. The summed E-state index contributed by atoms with van der Waals surface area (Å²) >= 11 is 0. The molecule has 1 fully saturated rings. The van der Waals surface area contributed by atoms with E-state index < -0.39 is 11.5 Å². The molecule has 1 amide bonds. The van der Waals surface area contributed by atoms with Gasteiger partial charge in [-0.25, -0.2) is 4.79 Å². The molecule has 18 heavy (non-hydrogen) atoms. The lowest BCUT2D eigenvalue weighted by molar-refractivity contribution is -0.119. The van der Waals surface area contributed by atoms with Gasteiger partial charge < -0.3 is 15.0 Å². The molecule has 2 N–H and O–H groups in total. The van der Waals surface area contributed by atoms with Crippen molar-refractivity contribution in [1.82, 2.24) is 9.88 Å². The number of carboxylic acids is 1. The van der Waals surface area contributed by atoms with Crippen LogP contribution in [0.5, 0.6) is 0 Å². The average Bonchev–Trinajstić information content (AvgIpc) is 2.69. The molecule has 1 aromatic rings. The maximum absolute atomic E-state index is 12.0. The Morgan fingerprint density at radius 2 is 2.22 bits per heavy atom. The summed E-state index contributed by atoms with van der Waals surface area (Å²) in [7, 11) is 0. The molecule has 0 aliphatic carbocycles. The number of amides is 1. The van der Waals surface area contributed by atoms with Gasteiger partial charge in [0.05, 0.1) is 0 Å². The lowest BCUT2D eigenvalue weighted by Gasteiger charge is -2.15. The van der Waals surface area contributed by atoms with Crippen LogP contribution < -0.4 is 10.9 Å². The normalized spacial score (nSPS) is 18.7. The van der Waals surface area contributed by atoms with Gasteiger partial charge in [0.15, 0.2) is 0 Å². The first-order chi connectivity index (χ1) is 8.49. The van der Waals surface area contributed by atoms with Crippen LogP contribution in [0, 0.1) is 6.92 Å². The number of rotatable bonds is 3. The molecule has 0 aromatic carbocycles. The minimum absolute atomic E-state index is 0.0277. The predicted octanol–water partition coefficient (Wildman–Crippen LogP) is 0.134. The van der Waals surface area contributed by atoms with Gasteiger partial charge in [-0.2, -0.15) is 0 Å². The van der Waals surface area contributed by atoms with Gasteiger partial charge in [-0.3, -0.25) is 9.59 Å². The van der Waals surface area contributed by atoms with E-state index in [1.165, 1.54) is 10.6 Å². The molecule has 0 spiro atoms. The van der Waals surface area contributed by atoms with Gasteiger partial charge in [-0.05, 0) is 25.5 Å². The van der Waals surface area contributed by atoms with E-state index in [1.54, 1.807) is 13.0 Å². The topological polar surface area (TPSA) is 88.4 Å². The Labute approximate surface area is 103 Å². The summed E-state index contributed by atoms with van der Waals surface area (Å²) in [6.45, 7) is 2.06. The van der Waals surface area contributed by atoms with Gasteiger partial charge in [-0.1, -0.05) is 0 Å². The number of aryl methyl sites for hydroxylation is 1. The number of hydrogen-bond acceptors (Lipinski definition) is 3. The molecule has 6 nitrogen and oxygen atoms in total. The van der Waals surface area contributed by atoms with Gasteiger partial charge in [-0.15, -0.1) is 0 Å². The molecular formula is C12H14N2O4. The Bertz CT molecular complexity index is 562. The summed E-state index contributed by atoms with van der Waals surface area (Å²) in [6, 6.07) is 2.81. The third-order valence-corrected chi connectivity index (χ3v) is 3.11. The fraction of sp³-hybridized carbons (Fsp3) is 0.417. The zero-order valence-corrected chi connectivity index (χ0v) is 9.97. The van der Waals surface area contributed by atoms with Gasteiger partial charge in [0.25, 0.3) is 5.56 Å². The van der Waals surface area contributed by atoms with Gasteiger partial charge in [0.2, 0.25) is 5.91 Å². The van der Waals surface area contributed by atoms with E-state index in [0.29, 0.717) is 25.1 Å². The second-order valence-electron chi connectivity index (χ2n) is 4.41. The van der Waals surface area contributed by atoms with Crippen molar-refractivity contribution >= 4 is 11.9 Å². The van der Waals surface area contributed by atoms with Crippen LogP contribution in [-0.2, 0) is 11.3 Å². The van der Waals surface area contributed by atoms with E-state index in [9.17, 15) is 14.4 Å². The Balaban J connectivity index is 2.32. The first-order valence-corrected chi connectivity index (χ1v) is 5.72. The molecular weight excluding hydrogens is 236 g/mol. The van der Waals surface area contributed by atoms with Crippen LogP contribution in [-0.4, -0.2) is 27.6 Å². The highest BCUT2D eigenvalue weighted by molar-refractivity contribution is 5.87. The standard InChI is InChI=1S/C12H14N2O4/c1-7-2-4-9(12(17)18)11(16)14(7)6-8-3-5-10(15)13-8/h2,4,8H,3,5-6H2,1H3,(H,13,15)(H,17,18). The molecule has 1 aromatic heterocycles. The lowest BCUT2D eigenvalue weighted by Crippen LogP contribution is -2.36. The van der Waals surface area contributed by atoms with Crippen LogP contribution in [0.15, 0.2) is 16.9 Å². The second-order valence-corrected chi connectivity index (χ2v) is 4.41. The number of aromatic nitrogens is 1. The molecule has 1 unspecified atom stereocenters. The van der Waals surface area contributed by atoms with Gasteiger partial charge in [0, 0.05) is 24.7 Å². The molecule has 1 atom stereocenters. The number of aromatic carboxylic acids is 1. The zero-order valence-electron chi connectivity index (χ0n) is 9.97. The summed E-state index contributed by atoms with van der Waals surface area (Å²) in [5.41, 5.74) is -0.0836. The summed E-state index contributed by atoms with van der Waals surface area (Å²) in [5, 5.41) is 11.7. The first-order valence-electron chi connectivity index (χ1n) is 5.72. The van der Waals surface area contributed by atoms with E-state index in [2.05, 4.69) is 5.32 Å². The van der Waals surface area contributed by atoms with E-state index in [0.717, 1.165) is 0 Å². The molecule has 6 heteroatoms.